The Balaban J connectivity index is 1.96. The van der Waals surface area contributed by atoms with Gasteiger partial charge in [0.1, 0.15) is 0 Å². The number of rotatable bonds is 6. The smallest absolute Gasteiger partial charge is 0.224 e. The van der Waals surface area contributed by atoms with E-state index < -0.39 is 0 Å². The van der Waals surface area contributed by atoms with Gasteiger partial charge in [-0.15, -0.1) is 0 Å². The second kappa shape index (κ2) is 8.39. The maximum absolute atomic E-state index is 11.3. The highest BCUT2D eigenvalue weighted by molar-refractivity contribution is 7.99. The van der Waals surface area contributed by atoms with Gasteiger partial charge in [0.15, 0.2) is 0 Å². The Kier molecular flexibility index (Phi) is 6.23. The molecule has 4 nitrogen and oxygen atoms in total. The summed E-state index contributed by atoms with van der Waals surface area (Å²) < 4.78 is 0. The summed E-state index contributed by atoms with van der Waals surface area (Å²) >= 11 is 1.63. The Bertz CT molecular complexity index is 607. The average molecular weight is 328 g/mol. The number of carbonyl (C=O) groups excluding carboxylic acids is 2. The zero-order valence-corrected chi connectivity index (χ0v) is 14.1. The van der Waals surface area contributed by atoms with Crippen molar-refractivity contribution in [3.8, 4) is 0 Å². The molecule has 0 spiro atoms. The third-order valence-corrected chi connectivity index (χ3v) is 4.17. The van der Waals surface area contributed by atoms with E-state index >= 15 is 0 Å². The lowest BCUT2D eigenvalue weighted by Gasteiger charge is -2.07. The van der Waals surface area contributed by atoms with E-state index in [-0.39, 0.29) is 11.8 Å². The lowest BCUT2D eigenvalue weighted by molar-refractivity contribution is -0.116. The van der Waals surface area contributed by atoms with Crippen molar-refractivity contribution in [1.82, 2.24) is 0 Å². The van der Waals surface area contributed by atoms with Crippen LogP contribution in [0.25, 0.3) is 0 Å². The molecule has 2 aromatic rings. The van der Waals surface area contributed by atoms with Gasteiger partial charge in [-0.3, -0.25) is 9.59 Å². The summed E-state index contributed by atoms with van der Waals surface area (Å²) in [5.74, 6) is 0.0187. The SMILES string of the molecule is CCC(=O)Nc1ccc(Sc2ccc(NC(=O)CC)cc2)cc1. The molecule has 0 bridgehead atoms. The first-order chi connectivity index (χ1) is 11.1. The molecule has 2 rings (SSSR count). The van der Waals surface area contributed by atoms with Crippen LogP contribution in [-0.4, -0.2) is 11.8 Å². The third-order valence-electron chi connectivity index (χ3n) is 3.15. The van der Waals surface area contributed by atoms with E-state index in [1.807, 2.05) is 62.4 Å². The van der Waals surface area contributed by atoms with Crippen LogP contribution in [0.3, 0.4) is 0 Å². The monoisotopic (exact) mass is 328 g/mol. The van der Waals surface area contributed by atoms with Crippen LogP contribution in [0.15, 0.2) is 58.3 Å². The van der Waals surface area contributed by atoms with Crippen molar-refractivity contribution < 1.29 is 9.59 Å². The van der Waals surface area contributed by atoms with Gasteiger partial charge in [0.25, 0.3) is 0 Å². The van der Waals surface area contributed by atoms with E-state index in [1.54, 1.807) is 11.8 Å². The molecule has 0 atom stereocenters. The molecule has 23 heavy (non-hydrogen) atoms. The largest absolute Gasteiger partial charge is 0.326 e. The molecule has 0 aliphatic rings. The maximum atomic E-state index is 11.3. The fraction of sp³-hybridized carbons (Fsp3) is 0.222. The van der Waals surface area contributed by atoms with Crippen LogP contribution in [0.4, 0.5) is 11.4 Å². The standard InChI is InChI=1S/C18H20N2O2S/c1-3-17(21)19-13-5-9-15(10-6-13)23-16-11-7-14(8-12-16)20-18(22)4-2/h5-12H,3-4H2,1-2H3,(H,19,21)(H,20,22). The highest BCUT2D eigenvalue weighted by Crippen LogP contribution is 2.29. The molecule has 2 N–H and O–H groups in total. The molecule has 0 heterocycles. The summed E-state index contributed by atoms with van der Waals surface area (Å²) in [5.41, 5.74) is 1.61. The Hall–Kier alpha value is -2.27. The molecule has 0 saturated carbocycles. The lowest BCUT2D eigenvalue weighted by Crippen LogP contribution is -2.09. The van der Waals surface area contributed by atoms with Crippen molar-refractivity contribution in [2.24, 2.45) is 0 Å². The molecular weight excluding hydrogens is 308 g/mol. The Morgan fingerprint density at radius 3 is 1.39 bits per heavy atom. The predicted molar refractivity (Wildman–Crippen MR) is 94.8 cm³/mol. The van der Waals surface area contributed by atoms with E-state index in [4.69, 9.17) is 0 Å². The normalized spacial score (nSPS) is 10.2. The highest BCUT2D eigenvalue weighted by Gasteiger charge is 2.02. The van der Waals surface area contributed by atoms with E-state index in [9.17, 15) is 9.59 Å². The molecule has 0 aliphatic heterocycles. The summed E-state index contributed by atoms with van der Waals surface area (Å²) in [6.07, 6.45) is 0.939. The first-order valence-electron chi connectivity index (χ1n) is 7.58. The minimum atomic E-state index is 0.00937. The number of benzene rings is 2. The van der Waals surface area contributed by atoms with E-state index in [2.05, 4.69) is 10.6 Å². The van der Waals surface area contributed by atoms with E-state index in [1.165, 1.54) is 0 Å². The number of anilines is 2. The first-order valence-corrected chi connectivity index (χ1v) is 8.40. The summed E-state index contributed by atoms with van der Waals surface area (Å²) in [5, 5.41) is 5.65. The van der Waals surface area contributed by atoms with Crippen LogP contribution >= 0.6 is 11.8 Å². The number of hydrogen-bond donors (Lipinski definition) is 2. The van der Waals surface area contributed by atoms with Gasteiger partial charge in [0.2, 0.25) is 11.8 Å². The molecule has 120 valence electrons. The van der Waals surface area contributed by atoms with Crippen LogP contribution in [0.2, 0.25) is 0 Å². The zero-order valence-electron chi connectivity index (χ0n) is 13.3. The second-order valence-corrected chi connectivity index (χ2v) is 6.10. The van der Waals surface area contributed by atoms with Crippen molar-refractivity contribution in [3.63, 3.8) is 0 Å². The number of hydrogen-bond acceptors (Lipinski definition) is 3. The fourth-order valence-electron chi connectivity index (χ4n) is 1.85. The van der Waals surface area contributed by atoms with Crippen LogP contribution in [0, 0.1) is 0 Å². The summed E-state index contributed by atoms with van der Waals surface area (Å²) in [6, 6.07) is 15.5. The first kappa shape index (κ1) is 17.1. The number of amides is 2. The molecule has 0 radical (unpaired) electrons. The zero-order chi connectivity index (χ0) is 16.7. The second-order valence-electron chi connectivity index (χ2n) is 4.95. The quantitative estimate of drug-likeness (QED) is 0.819. The van der Waals surface area contributed by atoms with Crippen LogP contribution in [-0.2, 0) is 9.59 Å². The minimum absolute atomic E-state index is 0.00937. The molecule has 0 aliphatic carbocycles. The third kappa shape index (κ3) is 5.45. The molecular formula is C18H20N2O2S. The molecule has 2 aromatic carbocycles. The van der Waals surface area contributed by atoms with Crippen LogP contribution < -0.4 is 10.6 Å². The van der Waals surface area contributed by atoms with Crippen LogP contribution in [0.5, 0.6) is 0 Å². The van der Waals surface area contributed by atoms with Crippen molar-refractivity contribution in [3.05, 3.63) is 48.5 Å². The van der Waals surface area contributed by atoms with Crippen molar-refractivity contribution in [2.75, 3.05) is 10.6 Å². The molecule has 0 unspecified atom stereocenters. The maximum Gasteiger partial charge on any atom is 0.224 e. The van der Waals surface area contributed by atoms with Crippen molar-refractivity contribution >= 4 is 35.0 Å². The van der Waals surface area contributed by atoms with Gasteiger partial charge in [0, 0.05) is 34.0 Å². The van der Waals surface area contributed by atoms with Gasteiger partial charge in [-0.05, 0) is 48.5 Å². The fourth-order valence-corrected chi connectivity index (χ4v) is 2.66. The van der Waals surface area contributed by atoms with E-state index in [0.717, 1.165) is 21.2 Å². The van der Waals surface area contributed by atoms with Gasteiger partial charge < -0.3 is 10.6 Å². The van der Waals surface area contributed by atoms with Gasteiger partial charge in [0.05, 0.1) is 0 Å². The van der Waals surface area contributed by atoms with Crippen molar-refractivity contribution in [2.45, 2.75) is 36.5 Å². The van der Waals surface area contributed by atoms with Gasteiger partial charge in [-0.2, -0.15) is 0 Å². The average Bonchev–Trinajstić information content (AvgIpc) is 2.58. The minimum Gasteiger partial charge on any atom is -0.326 e. The van der Waals surface area contributed by atoms with Gasteiger partial charge >= 0.3 is 0 Å². The molecule has 2 amide bonds. The van der Waals surface area contributed by atoms with Crippen LogP contribution in [0.1, 0.15) is 26.7 Å². The number of nitrogens with one attached hydrogen (secondary N) is 2. The summed E-state index contributed by atoms with van der Waals surface area (Å²) in [7, 11) is 0. The Morgan fingerprint density at radius 1 is 0.739 bits per heavy atom. The van der Waals surface area contributed by atoms with Crippen molar-refractivity contribution in [1.29, 1.82) is 0 Å². The topological polar surface area (TPSA) is 58.2 Å². The lowest BCUT2D eigenvalue weighted by atomic mass is 10.3. The van der Waals surface area contributed by atoms with Gasteiger partial charge in [-0.25, -0.2) is 0 Å². The van der Waals surface area contributed by atoms with E-state index in [0.29, 0.717) is 12.8 Å². The summed E-state index contributed by atoms with van der Waals surface area (Å²) in [6.45, 7) is 3.65. The molecule has 5 heteroatoms. The molecule has 0 fully saturated rings. The number of carbonyl (C=O) groups is 2. The predicted octanol–water partition coefficient (Wildman–Crippen LogP) is 4.53. The molecule has 0 saturated heterocycles. The Morgan fingerprint density at radius 2 is 1.09 bits per heavy atom. The Labute approximate surface area is 140 Å². The highest BCUT2D eigenvalue weighted by atomic mass is 32.2. The molecule has 0 aromatic heterocycles. The van der Waals surface area contributed by atoms with Gasteiger partial charge in [-0.1, -0.05) is 25.6 Å². The summed E-state index contributed by atoms with van der Waals surface area (Å²) in [4.78, 5) is 24.9.